The van der Waals surface area contributed by atoms with Gasteiger partial charge in [-0.25, -0.2) is 4.79 Å². The van der Waals surface area contributed by atoms with Crippen LogP contribution in [0.2, 0.25) is 0 Å². The van der Waals surface area contributed by atoms with E-state index in [4.69, 9.17) is 16.6 Å². The normalized spacial score (nSPS) is 13.6. The van der Waals surface area contributed by atoms with E-state index in [0.29, 0.717) is 24.9 Å². The van der Waals surface area contributed by atoms with Gasteiger partial charge in [0.05, 0.1) is 6.04 Å². The molecule has 1 rings (SSSR count). The van der Waals surface area contributed by atoms with Crippen LogP contribution in [0.25, 0.3) is 0 Å². The van der Waals surface area contributed by atoms with E-state index in [9.17, 15) is 29.4 Å². The van der Waals surface area contributed by atoms with Gasteiger partial charge in [0.2, 0.25) is 11.8 Å². The lowest BCUT2D eigenvalue weighted by molar-refractivity contribution is -0.142. The average Bonchev–Trinajstić information content (AvgIpc) is 2.72. The molecule has 2 amide bonds. The topological polar surface area (TPSA) is 205 Å². The maximum Gasteiger partial charge on any atom is 0.326 e. The van der Waals surface area contributed by atoms with Crippen LogP contribution >= 0.6 is 0 Å². The number of nitrogens with one attached hydrogen (secondary N) is 2. The maximum atomic E-state index is 12.7. The van der Waals surface area contributed by atoms with Crippen molar-refractivity contribution in [2.24, 2.45) is 11.5 Å². The Kier molecular flexibility index (Phi) is 11.0. The van der Waals surface area contributed by atoms with Crippen LogP contribution in [0.1, 0.15) is 37.7 Å². The molecule has 0 aliphatic heterocycles. The van der Waals surface area contributed by atoms with Crippen LogP contribution in [0.3, 0.4) is 0 Å². The number of hydrogen-bond donors (Lipinski definition) is 7. The second kappa shape index (κ2) is 13.2. The number of hydrogen-bond acceptors (Lipinski definition) is 7. The van der Waals surface area contributed by atoms with Crippen LogP contribution < -0.4 is 22.1 Å². The second-order valence-electron chi connectivity index (χ2n) is 7.15. The Bertz CT molecular complexity index is 754. The predicted octanol–water partition coefficient (Wildman–Crippen LogP) is -0.690. The fourth-order valence-corrected chi connectivity index (χ4v) is 2.79. The van der Waals surface area contributed by atoms with E-state index >= 15 is 0 Å². The Morgan fingerprint density at radius 2 is 1.52 bits per heavy atom. The van der Waals surface area contributed by atoms with Crippen LogP contribution in [-0.2, 0) is 25.6 Å². The molecule has 3 atom stereocenters. The second-order valence-corrected chi connectivity index (χ2v) is 7.15. The number of phenols is 1. The van der Waals surface area contributed by atoms with Crippen LogP contribution in [0, 0.1) is 0 Å². The molecule has 0 bridgehead atoms. The summed E-state index contributed by atoms with van der Waals surface area (Å²) < 4.78 is 0. The van der Waals surface area contributed by atoms with Crippen molar-refractivity contribution in [3.8, 4) is 5.75 Å². The number of nitrogens with two attached hydrogens (primary N) is 2. The fourth-order valence-electron chi connectivity index (χ4n) is 2.79. The molecule has 1 aromatic rings. The number of carbonyl (C=O) groups is 4. The van der Waals surface area contributed by atoms with Gasteiger partial charge in [0.25, 0.3) is 0 Å². The zero-order valence-electron chi connectivity index (χ0n) is 17.1. The number of carboxylic acids is 2. The molecule has 11 heteroatoms. The lowest BCUT2D eigenvalue weighted by Gasteiger charge is -2.23. The molecule has 172 valence electrons. The van der Waals surface area contributed by atoms with Gasteiger partial charge < -0.3 is 37.4 Å². The SMILES string of the molecule is NCCCC[C@H](NC(=O)[C@@H](N)CCC(=O)O)C(=O)N[C@@H](Cc1ccc(O)cc1)C(=O)O. The quantitative estimate of drug-likeness (QED) is 0.183. The number of benzene rings is 1. The van der Waals surface area contributed by atoms with Crippen LogP contribution in [0.15, 0.2) is 24.3 Å². The zero-order chi connectivity index (χ0) is 23.4. The third-order valence-electron chi connectivity index (χ3n) is 4.58. The van der Waals surface area contributed by atoms with Gasteiger partial charge in [-0.3, -0.25) is 14.4 Å². The molecule has 0 aromatic heterocycles. The molecular weight excluding hydrogens is 408 g/mol. The number of phenolic OH excluding ortho intramolecular Hbond substituents is 1. The number of aromatic hydroxyl groups is 1. The summed E-state index contributed by atoms with van der Waals surface area (Å²) >= 11 is 0. The molecule has 0 spiro atoms. The number of rotatable bonds is 14. The molecule has 0 saturated heterocycles. The Morgan fingerprint density at radius 1 is 0.903 bits per heavy atom. The van der Waals surface area contributed by atoms with Crippen molar-refractivity contribution in [3.63, 3.8) is 0 Å². The molecule has 0 aliphatic carbocycles. The van der Waals surface area contributed by atoms with Crippen molar-refractivity contribution in [1.82, 2.24) is 10.6 Å². The zero-order valence-corrected chi connectivity index (χ0v) is 17.1. The van der Waals surface area contributed by atoms with E-state index in [2.05, 4.69) is 10.6 Å². The lowest BCUT2D eigenvalue weighted by atomic mass is 10.0. The highest BCUT2D eigenvalue weighted by molar-refractivity contribution is 5.92. The summed E-state index contributed by atoms with van der Waals surface area (Å²) in [4.78, 5) is 47.3. The van der Waals surface area contributed by atoms with Crippen LogP contribution in [0.4, 0.5) is 0 Å². The highest BCUT2D eigenvalue weighted by Gasteiger charge is 2.28. The van der Waals surface area contributed by atoms with E-state index in [0.717, 1.165) is 0 Å². The van der Waals surface area contributed by atoms with Crippen molar-refractivity contribution >= 4 is 23.8 Å². The van der Waals surface area contributed by atoms with E-state index in [1.807, 2.05) is 0 Å². The minimum atomic E-state index is -1.26. The minimum absolute atomic E-state index is 0.0249. The molecule has 1 aromatic carbocycles. The highest BCUT2D eigenvalue weighted by Crippen LogP contribution is 2.12. The summed E-state index contributed by atoms with van der Waals surface area (Å²) in [6.45, 7) is 0.388. The molecule has 0 heterocycles. The first-order valence-electron chi connectivity index (χ1n) is 9.93. The Morgan fingerprint density at radius 3 is 2.06 bits per heavy atom. The first kappa shape index (κ1) is 25.9. The summed E-state index contributed by atoms with van der Waals surface area (Å²) in [6.07, 6.45) is 0.897. The van der Waals surface area contributed by atoms with Gasteiger partial charge in [0, 0.05) is 12.8 Å². The molecule has 0 fully saturated rings. The third kappa shape index (κ3) is 9.92. The maximum absolute atomic E-state index is 12.7. The van der Waals surface area contributed by atoms with Gasteiger partial charge in [-0.15, -0.1) is 0 Å². The molecule has 0 aliphatic rings. The van der Waals surface area contributed by atoms with E-state index in [-0.39, 0.29) is 31.4 Å². The third-order valence-corrected chi connectivity index (χ3v) is 4.58. The predicted molar refractivity (Wildman–Crippen MR) is 111 cm³/mol. The molecule has 9 N–H and O–H groups in total. The fraction of sp³-hybridized carbons (Fsp3) is 0.500. The van der Waals surface area contributed by atoms with Crippen LogP contribution in [-0.4, -0.2) is 63.7 Å². The van der Waals surface area contributed by atoms with Crippen molar-refractivity contribution in [2.45, 2.75) is 56.7 Å². The van der Waals surface area contributed by atoms with Gasteiger partial charge >= 0.3 is 11.9 Å². The van der Waals surface area contributed by atoms with E-state index < -0.39 is 41.9 Å². The average molecular weight is 438 g/mol. The molecule has 0 saturated carbocycles. The Balaban J connectivity index is 2.83. The summed E-state index contributed by atoms with van der Waals surface area (Å²) in [6, 6.07) is 2.48. The number of amides is 2. The largest absolute Gasteiger partial charge is 0.508 e. The van der Waals surface area contributed by atoms with Gasteiger partial charge in [0.15, 0.2) is 0 Å². The van der Waals surface area contributed by atoms with Crippen molar-refractivity contribution in [1.29, 1.82) is 0 Å². The van der Waals surface area contributed by atoms with Crippen LogP contribution in [0.5, 0.6) is 5.75 Å². The number of carboxylic acid groups (broad SMARTS) is 2. The van der Waals surface area contributed by atoms with E-state index in [1.54, 1.807) is 12.1 Å². The first-order chi connectivity index (χ1) is 14.6. The summed E-state index contributed by atoms with van der Waals surface area (Å²) in [5.41, 5.74) is 11.7. The molecule has 31 heavy (non-hydrogen) atoms. The first-order valence-corrected chi connectivity index (χ1v) is 9.93. The Labute approximate surface area is 179 Å². The van der Waals surface area contributed by atoms with Gasteiger partial charge in [-0.1, -0.05) is 12.1 Å². The van der Waals surface area contributed by atoms with Gasteiger partial charge in [-0.2, -0.15) is 0 Å². The smallest absolute Gasteiger partial charge is 0.326 e. The highest BCUT2D eigenvalue weighted by atomic mass is 16.4. The number of carbonyl (C=O) groups excluding carboxylic acids is 2. The summed E-state index contributed by atoms with van der Waals surface area (Å²) in [5.74, 6) is -3.71. The Hall–Kier alpha value is -3.18. The molecule has 0 unspecified atom stereocenters. The standard InChI is InChI=1S/C20H30N4O7/c21-10-2-1-3-15(23-18(28)14(22)8-9-17(26)27)19(29)24-16(20(30)31)11-12-4-6-13(25)7-5-12/h4-7,14-16,25H,1-3,8-11,21-22H2,(H,23,28)(H,24,29)(H,26,27)(H,30,31)/t14-,15-,16-/m0/s1. The van der Waals surface area contributed by atoms with Crippen molar-refractivity contribution in [2.75, 3.05) is 6.54 Å². The molecule has 11 nitrogen and oxygen atoms in total. The molecular formula is C20H30N4O7. The lowest BCUT2D eigenvalue weighted by Crippen LogP contribution is -2.54. The van der Waals surface area contributed by atoms with Crippen molar-refractivity contribution < 1.29 is 34.5 Å². The van der Waals surface area contributed by atoms with Gasteiger partial charge in [0.1, 0.15) is 17.8 Å². The minimum Gasteiger partial charge on any atom is -0.508 e. The number of aliphatic carboxylic acids is 2. The molecule has 0 radical (unpaired) electrons. The van der Waals surface area contributed by atoms with Gasteiger partial charge in [-0.05, 0) is 49.9 Å². The summed E-state index contributed by atoms with van der Waals surface area (Å²) in [7, 11) is 0. The van der Waals surface area contributed by atoms with Crippen molar-refractivity contribution in [3.05, 3.63) is 29.8 Å². The number of unbranched alkanes of at least 4 members (excludes halogenated alkanes) is 1. The monoisotopic (exact) mass is 438 g/mol. The summed E-state index contributed by atoms with van der Waals surface area (Å²) in [5, 5.41) is 32.4. The van der Waals surface area contributed by atoms with E-state index in [1.165, 1.54) is 12.1 Å².